The molecule has 0 unspecified atom stereocenters. The van der Waals surface area contributed by atoms with Crippen molar-refractivity contribution in [2.75, 3.05) is 11.9 Å². The lowest BCUT2D eigenvalue weighted by Crippen LogP contribution is -2.29. The summed E-state index contributed by atoms with van der Waals surface area (Å²) in [6.07, 6.45) is 4.12. The number of nitrogens with one attached hydrogen (secondary N) is 2. The zero-order valence-electron chi connectivity index (χ0n) is 17.6. The van der Waals surface area contributed by atoms with Crippen molar-refractivity contribution in [3.63, 3.8) is 0 Å². The van der Waals surface area contributed by atoms with Crippen LogP contribution in [0.1, 0.15) is 27.5 Å². The Morgan fingerprint density at radius 3 is 2.18 bits per heavy atom. The van der Waals surface area contributed by atoms with Crippen molar-refractivity contribution in [1.29, 1.82) is 0 Å². The van der Waals surface area contributed by atoms with Gasteiger partial charge in [0, 0.05) is 45.7 Å². The van der Waals surface area contributed by atoms with Gasteiger partial charge in [0.15, 0.2) is 5.82 Å². The molecule has 0 bridgehead atoms. The second-order valence-electron chi connectivity index (χ2n) is 6.93. The SMILES string of the molecule is Cn1cc(NC(=O)CCNC(=O)c2nccn2C)cc1C(=O)Oc1c(F)c(F)c(F)c(F)c1F. The number of rotatable bonds is 7. The van der Waals surface area contributed by atoms with Crippen molar-refractivity contribution >= 4 is 23.5 Å². The van der Waals surface area contributed by atoms with Crippen LogP contribution in [0.2, 0.25) is 0 Å². The third kappa shape index (κ3) is 4.89. The van der Waals surface area contributed by atoms with Crippen molar-refractivity contribution in [3.8, 4) is 5.75 Å². The summed E-state index contributed by atoms with van der Waals surface area (Å²) >= 11 is 0. The molecule has 0 spiro atoms. The molecule has 14 heteroatoms. The summed E-state index contributed by atoms with van der Waals surface area (Å²) in [6, 6.07) is 1.07. The normalized spacial score (nSPS) is 10.8. The minimum atomic E-state index is -2.39. The number of aromatic nitrogens is 3. The number of nitrogens with zero attached hydrogens (tertiary/aromatic N) is 3. The monoisotopic (exact) mass is 485 g/mol. The Hall–Kier alpha value is -4.23. The highest BCUT2D eigenvalue weighted by Crippen LogP contribution is 2.30. The number of ether oxygens (including phenoxy) is 1. The third-order valence-corrected chi connectivity index (χ3v) is 4.52. The maximum absolute atomic E-state index is 13.7. The lowest BCUT2D eigenvalue weighted by Gasteiger charge is -2.09. The topological polar surface area (TPSA) is 107 Å². The lowest BCUT2D eigenvalue weighted by atomic mass is 10.2. The van der Waals surface area contributed by atoms with Crippen LogP contribution in [0.3, 0.4) is 0 Å². The number of carbonyl (C=O) groups excluding carboxylic acids is 3. The number of hydrogen-bond acceptors (Lipinski definition) is 5. The Balaban J connectivity index is 1.62. The number of imidazole rings is 1. The van der Waals surface area contributed by atoms with Crippen LogP contribution in [0.25, 0.3) is 0 Å². The first-order valence-corrected chi connectivity index (χ1v) is 9.46. The van der Waals surface area contributed by atoms with E-state index in [0.717, 1.165) is 10.6 Å². The fourth-order valence-corrected chi connectivity index (χ4v) is 2.83. The van der Waals surface area contributed by atoms with Crippen LogP contribution in [0, 0.1) is 29.1 Å². The van der Waals surface area contributed by atoms with Gasteiger partial charge in [-0.1, -0.05) is 0 Å². The van der Waals surface area contributed by atoms with Crippen molar-refractivity contribution < 1.29 is 41.1 Å². The molecule has 0 atom stereocenters. The number of benzene rings is 1. The number of carbonyl (C=O) groups is 3. The number of halogens is 5. The summed E-state index contributed by atoms with van der Waals surface area (Å²) in [5.74, 6) is -15.6. The van der Waals surface area contributed by atoms with Gasteiger partial charge in [0.25, 0.3) is 5.91 Å². The van der Waals surface area contributed by atoms with Gasteiger partial charge in [-0.15, -0.1) is 0 Å². The molecule has 34 heavy (non-hydrogen) atoms. The van der Waals surface area contributed by atoms with E-state index >= 15 is 0 Å². The quantitative estimate of drug-likeness (QED) is 0.176. The van der Waals surface area contributed by atoms with Crippen molar-refractivity contribution in [2.24, 2.45) is 14.1 Å². The molecule has 2 amide bonds. The molecular weight excluding hydrogens is 469 g/mol. The van der Waals surface area contributed by atoms with Gasteiger partial charge in [-0.2, -0.15) is 8.78 Å². The fourth-order valence-electron chi connectivity index (χ4n) is 2.83. The van der Waals surface area contributed by atoms with Crippen LogP contribution in [-0.4, -0.2) is 38.4 Å². The fraction of sp³-hybridized carbons (Fsp3) is 0.200. The summed E-state index contributed by atoms with van der Waals surface area (Å²) < 4.78 is 74.2. The maximum atomic E-state index is 13.7. The molecule has 0 aliphatic carbocycles. The zero-order valence-corrected chi connectivity index (χ0v) is 17.6. The molecule has 0 saturated heterocycles. The number of esters is 1. The van der Waals surface area contributed by atoms with E-state index in [9.17, 15) is 36.3 Å². The Bertz CT molecular complexity index is 1260. The van der Waals surface area contributed by atoms with Gasteiger partial charge >= 0.3 is 5.97 Å². The summed E-state index contributed by atoms with van der Waals surface area (Å²) in [6.45, 7) is -0.0283. The van der Waals surface area contributed by atoms with Gasteiger partial charge in [0.05, 0.1) is 5.69 Å². The van der Waals surface area contributed by atoms with E-state index in [2.05, 4.69) is 20.4 Å². The molecule has 3 rings (SSSR count). The Kier molecular flexibility index (Phi) is 6.98. The van der Waals surface area contributed by atoms with Crippen molar-refractivity contribution in [3.05, 3.63) is 65.3 Å². The van der Waals surface area contributed by atoms with Crippen molar-refractivity contribution in [1.82, 2.24) is 19.4 Å². The average molecular weight is 485 g/mol. The van der Waals surface area contributed by atoms with Crippen LogP contribution in [0.5, 0.6) is 5.75 Å². The molecule has 2 N–H and O–H groups in total. The molecule has 2 heterocycles. The first kappa shape index (κ1) is 24.4. The summed E-state index contributed by atoms with van der Waals surface area (Å²) in [5.41, 5.74) is -0.283. The molecule has 0 aliphatic rings. The van der Waals surface area contributed by atoms with E-state index in [-0.39, 0.29) is 30.2 Å². The third-order valence-electron chi connectivity index (χ3n) is 4.52. The lowest BCUT2D eigenvalue weighted by molar-refractivity contribution is -0.116. The molecule has 0 aliphatic heterocycles. The minimum absolute atomic E-state index is 0.0283. The average Bonchev–Trinajstić information content (AvgIpc) is 3.38. The zero-order chi connectivity index (χ0) is 25.2. The Morgan fingerprint density at radius 1 is 0.971 bits per heavy atom. The van der Waals surface area contributed by atoms with E-state index in [4.69, 9.17) is 0 Å². The second kappa shape index (κ2) is 9.72. The van der Waals surface area contributed by atoms with Crippen molar-refractivity contribution in [2.45, 2.75) is 6.42 Å². The predicted octanol–water partition coefficient (Wildman–Crippen LogP) is 2.43. The van der Waals surface area contributed by atoms with E-state index in [1.807, 2.05) is 0 Å². The smallest absolute Gasteiger partial charge is 0.360 e. The van der Waals surface area contributed by atoms with Crippen LogP contribution >= 0.6 is 0 Å². The summed E-state index contributed by atoms with van der Waals surface area (Å²) in [5, 5.41) is 4.94. The van der Waals surface area contributed by atoms with Gasteiger partial charge in [-0.25, -0.2) is 22.9 Å². The molecule has 0 fully saturated rings. The van der Waals surface area contributed by atoms with Gasteiger partial charge in [-0.3, -0.25) is 9.59 Å². The van der Waals surface area contributed by atoms with Gasteiger partial charge in [0.1, 0.15) is 5.69 Å². The molecule has 3 aromatic rings. The predicted molar refractivity (Wildman–Crippen MR) is 105 cm³/mol. The maximum Gasteiger partial charge on any atom is 0.360 e. The number of anilines is 1. The number of aryl methyl sites for hydroxylation is 2. The highest BCUT2D eigenvalue weighted by Gasteiger charge is 2.29. The number of amides is 2. The van der Waals surface area contributed by atoms with E-state index in [1.165, 1.54) is 24.0 Å². The first-order valence-electron chi connectivity index (χ1n) is 9.46. The molecule has 180 valence electrons. The highest BCUT2D eigenvalue weighted by atomic mass is 19.2. The summed E-state index contributed by atoms with van der Waals surface area (Å²) in [7, 11) is 2.94. The highest BCUT2D eigenvalue weighted by molar-refractivity contribution is 5.95. The molecule has 2 aromatic heterocycles. The Morgan fingerprint density at radius 2 is 1.59 bits per heavy atom. The van der Waals surface area contributed by atoms with Gasteiger partial charge in [0.2, 0.25) is 40.7 Å². The molecule has 0 radical (unpaired) electrons. The van der Waals surface area contributed by atoms with Crippen LogP contribution in [0.4, 0.5) is 27.6 Å². The van der Waals surface area contributed by atoms with Gasteiger partial charge < -0.3 is 24.5 Å². The van der Waals surface area contributed by atoms with Crippen LogP contribution < -0.4 is 15.4 Å². The standard InChI is InChI=1S/C20H16F5N5O4/c1-29-6-5-26-18(29)19(32)27-4-3-11(31)28-9-7-10(30(2)8-9)20(33)34-17-15(24)13(22)12(21)14(23)16(17)25/h5-8H,3-4H2,1-2H3,(H,27,32)(H,28,31). The van der Waals surface area contributed by atoms with E-state index < -0.39 is 52.6 Å². The van der Waals surface area contributed by atoms with E-state index in [1.54, 1.807) is 13.2 Å². The first-order chi connectivity index (χ1) is 16.0. The van der Waals surface area contributed by atoms with E-state index in [0.29, 0.717) is 0 Å². The number of hydrogen-bond donors (Lipinski definition) is 2. The molecular formula is C20H16F5N5O4. The van der Waals surface area contributed by atoms with Crippen LogP contribution in [-0.2, 0) is 18.9 Å². The molecule has 0 saturated carbocycles. The molecule has 1 aromatic carbocycles. The largest absolute Gasteiger partial charge is 0.415 e. The van der Waals surface area contributed by atoms with Crippen LogP contribution in [0.15, 0.2) is 24.7 Å². The van der Waals surface area contributed by atoms with Gasteiger partial charge in [-0.05, 0) is 6.07 Å². The molecule has 9 nitrogen and oxygen atoms in total. The second-order valence-corrected chi connectivity index (χ2v) is 6.93. The minimum Gasteiger partial charge on any atom is -0.415 e. The summed E-state index contributed by atoms with van der Waals surface area (Å²) in [4.78, 5) is 40.2. The Labute approximate surface area is 188 Å².